The lowest BCUT2D eigenvalue weighted by atomic mass is 9.79. The second-order valence-electron chi connectivity index (χ2n) is 15.9. The summed E-state index contributed by atoms with van der Waals surface area (Å²) in [5, 5.41) is 5.75. The van der Waals surface area contributed by atoms with Crippen molar-refractivity contribution in [2.75, 3.05) is 33.0 Å². The van der Waals surface area contributed by atoms with Gasteiger partial charge >= 0.3 is 12.0 Å². The molecule has 3 aliphatic heterocycles. The van der Waals surface area contributed by atoms with E-state index in [1.807, 2.05) is 32.0 Å². The summed E-state index contributed by atoms with van der Waals surface area (Å²) in [4.78, 5) is 25.8. The van der Waals surface area contributed by atoms with Gasteiger partial charge in [-0.2, -0.15) is 0 Å². The van der Waals surface area contributed by atoms with Gasteiger partial charge in [0.2, 0.25) is 0 Å². The Hall–Kier alpha value is -2.24. The number of esters is 1. The molecule has 14 atom stereocenters. The lowest BCUT2D eigenvalue weighted by Gasteiger charge is -2.46. The number of ether oxygens (including phenoxy) is 6. The molecule has 0 aliphatic carbocycles. The van der Waals surface area contributed by atoms with E-state index in [0.717, 1.165) is 19.4 Å². The molecule has 50 heavy (non-hydrogen) atoms. The molecular formula is C40H66N2O8. The van der Waals surface area contributed by atoms with Crippen molar-refractivity contribution in [2.45, 2.75) is 125 Å². The molecule has 0 spiro atoms. The summed E-state index contributed by atoms with van der Waals surface area (Å²) in [6, 6.07) is 10.0. The number of nitrogens with one attached hydrogen (secondary N) is 2. The van der Waals surface area contributed by atoms with Gasteiger partial charge in [-0.15, -0.1) is 0 Å². The van der Waals surface area contributed by atoms with E-state index < -0.39 is 11.6 Å². The standard InChI is InChI=1S/C40H66N2O8/c1-11-40(10,18-17-24(2)32-15-13-12-14-16-32)38(43)45-20-19-41-39(44)42-35-29(7)27(5)33(22-46-35)49-37-31(9)28(6)34(23-48-37)50-36-30(8)26(4)25(3)21-47-36/h12-16,24-31,33-37H,11,17-23H2,1-10H3,(H2,41,42,44). The molecule has 284 valence electrons. The average molecular weight is 703 g/mol. The molecule has 0 bridgehead atoms. The average Bonchev–Trinajstić information content (AvgIpc) is 3.11. The SMILES string of the molecule is CCC(C)(CCC(C)c1ccccc1)C(=O)OCCNC(=O)NC1OCC(OC2OCC(OC3OCC(C)C(C)C3C)C(C)C2C)C(C)C1C. The summed E-state index contributed by atoms with van der Waals surface area (Å²) < 4.78 is 37.0. The van der Waals surface area contributed by atoms with Crippen molar-refractivity contribution in [1.82, 2.24) is 10.6 Å². The van der Waals surface area contributed by atoms with Crippen LogP contribution in [-0.4, -0.2) is 76.0 Å². The Bertz CT molecular complexity index is 1200. The quantitative estimate of drug-likeness (QED) is 0.156. The molecule has 3 heterocycles. The Balaban J connectivity index is 1.15. The Morgan fingerprint density at radius 1 is 0.820 bits per heavy atom. The predicted octanol–water partition coefficient (Wildman–Crippen LogP) is 7.12. The van der Waals surface area contributed by atoms with Gasteiger partial charge in [-0.05, 0) is 61.3 Å². The van der Waals surface area contributed by atoms with Gasteiger partial charge in [0.1, 0.15) is 12.8 Å². The third-order valence-electron chi connectivity index (χ3n) is 12.6. The van der Waals surface area contributed by atoms with E-state index in [9.17, 15) is 9.59 Å². The monoisotopic (exact) mass is 702 g/mol. The number of hydrogen-bond donors (Lipinski definition) is 2. The zero-order chi connectivity index (χ0) is 36.6. The van der Waals surface area contributed by atoms with Crippen molar-refractivity contribution in [1.29, 1.82) is 0 Å². The maximum Gasteiger partial charge on any atom is 0.316 e. The zero-order valence-corrected chi connectivity index (χ0v) is 32.3. The lowest BCUT2D eigenvalue weighted by Crippen LogP contribution is -2.56. The largest absolute Gasteiger partial charge is 0.463 e. The first-order valence-corrected chi connectivity index (χ1v) is 19.2. The highest BCUT2D eigenvalue weighted by atomic mass is 16.7. The van der Waals surface area contributed by atoms with Gasteiger partial charge in [0, 0.05) is 17.8 Å². The van der Waals surface area contributed by atoms with Gasteiger partial charge in [-0.3, -0.25) is 4.79 Å². The fraction of sp³-hybridized carbons (Fsp3) is 0.800. The zero-order valence-electron chi connectivity index (χ0n) is 32.3. The molecule has 2 N–H and O–H groups in total. The first-order chi connectivity index (χ1) is 23.7. The van der Waals surface area contributed by atoms with Crippen LogP contribution in [0.2, 0.25) is 0 Å². The summed E-state index contributed by atoms with van der Waals surface area (Å²) in [5.41, 5.74) is 0.703. The van der Waals surface area contributed by atoms with Gasteiger partial charge in [0.15, 0.2) is 12.6 Å². The van der Waals surface area contributed by atoms with E-state index in [1.54, 1.807) is 0 Å². The Labute approximate surface area is 301 Å². The summed E-state index contributed by atoms with van der Waals surface area (Å²) in [7, 11) is 0. The first-order valence-electron chi connectivity index (χ1n) is 19.2. The molecule has 2 amide bonds. The van der Waals surface area contributed by atoms with Crippen LogP contribution in [-0.2, 0) is 33.2 Å². The van der Waals surface area contributed by atoms with Gasteiger partial charge in [-0.25, -0.2) is 4.79 Å². The fourth-order valence-corrected chi connectivity index (χ4v) is 7.25. The van der Waals surface area contributed by atoms with Crippen molar-refractivity contribution < 1.29 is 38.0 Å². The Morgan fingerprint density at radius 3 is 2.04 bits per heavy atom. The van der Waals surface area contributed by atoms with Gasteiger partial charge in [-0.1, -0.05) is 92.6 Å². The molecule has 0 saturated carbocycles. The van der Waals surface area contributed by atoms with Crippen LogP contribution < -0.4 is 10.6 Å². The van der Waals surface area contributed by atoms with Gasteiger partial charge in [0.25, 0.3) is 0 Å². The molecule has 4 rings (SSSR count). The molecule has 3 saturated heterocycles. The molecule has 1 aromatic carbocycles. The normalized spacial score (nSPS) is 36.5. The van der Waals surface area contributed by atoms with Crippen LogP contribution in [0.5, 0.6) is 0 Å². The molecular weight excluding hydrogens is 636 g/mol. The molecule has 10 nitrogen and oxygen atoms in total. The van der Waals surface area contributed by atoms with E-state index in [-0.39, 0.29) is 73.6 Å². The summed E-state index contributed by atoms with van der Waals surface area (Å²) >= 11 is 0. The Kier molecular flexibility index (Phi) is 15.0. The van der Waals surface area contributed by atoms with E-state index in [2.05, 4.69) is 78.2 Å². The van der Waals surface area contributed by atoms with Crippen molar-refractivity contribution in [3.63, 3.8) is 0 Å². The third-order valence-corrected chi connectivity index (χ3v) is 12.6. The topological polar surface area (TPSA) is 114 Å². The lowest BCUT2D eigenvalue weighted by molar-refractivity contribution is -0.307. The third kappa shape index (κ3) is 10.2. The number of benzene rings is 1. The first kappa shape index (κ1) is 40.5. The van der Waals surface area contributed by atoms with Crippen LogP contribution in [0.15, 0.2) is 30.3 Å². The van der Waals surface area contributed by atoms with Crippen LogP contribution >= 0.6 is 0 Å². The molecule has 3 aliphatic rings. The fourth-order valence-electron chi connectivity index (χ4n) is 7.25. The van der Waals surface area contributed by atoms with Crippen molar-refractivity contribution in [2.24, 2.45) is 46.8 Å². The highest BCUT2D eigenvalue weighted by molar-refractivity contribution is 5.76. The van der Waals surface area contributed by atoms with E-state index in [0.29, 0.717) is 43.3 Å². The minimum absolute atomic E-state index is 0.00240. The second-order valence-corrected chi connectivity index (χ2v) is 15.9. The smallest absolute Gasteiger partial charge is 0.316 e. The highest BCUT2D eigenvalue weighted by Gasteiger charge is 2.44. The number of urea groups is 1. The van der Waals surface area contributed by atoms with E-state index in [1.165, 1.54) is 5.56 Å². The molecule has 0 aromatic heterocycles. The van der Waals surface area contributed by atoms with Crippen molar-refractivity contribution in [3.05, 3.63) is 35.9 Å². The van der Waals surface area contributed by atoms with Crippen molar-refractivity contribution in [3.8, 4) is 0 Å². The maximum atomic E-state index is 13.0. The molecule has 0 radical (unpaired) electrons. The molecule has 1 aromatic rings. The maximum absolute atomic E-state index is 13.0. The number of amides is 2. The summed E-state index contributed by atoms with van der Waals surface area (Å²) in [6.07, 6.45) is 1.04. The second kappa shape index (κ2) is 18.5. The summed E-state index contributed by atoms with van der Waals surface area (Å²) in [5.74, 6) is 1.99. The van der Waals surface area contributed by atoms with Crippen LogP contribution in [0.1, 0.15) is 100.0 Å². The van der Waals surface area contributed by atoms with E-state index in [4.69, 9.17) is 28.4 Å². The predicted molar refractivity (Wildman–Crippen MR) is 193 cm³/mol. The van der Waals surface area contributed by atoms with E-state index >= 15 is 0 Å². The number of hydrogen-bond acceptors (Lipinski definition) is 8. The Morgan fingerprint density at radius 2 is 1.40 bits per heavy atom. The highest BCUT2D eigenvalue weighted by Crippen LogP contribution is 2.38. The minimum atomic E-state index is -0.570. The summed E-state index contributed by atoms with van der Waals surface area (Å²) in [6.45, 7) is 23.3. The molecule has 3 fully saturated rings. The van der Waals surface area contributed by atoms with Gasteiger partial charge in [0.05, 0.1) is 44.0 Å². The van der Waals surface area contributed by atoms with Crippen molar-refractivity contribution >= 4 is 12.0 Å². The van der Waals surface area contributed by atoms with Crippen LogP contribution in [0.3, 0.4) is 0 Å². The molecule has 14 unspecified atom stereocenters. The molecule has 10 heteroatoms. The van der Waals surface area contributed by atoms with Crippen LogP contribution in [0, 0.1) is 46.8 Å². The number of carbonyl (C=O) groups excluding carboxylic acids is 2. The number of carbonyl (C=O) groups is 2. The number of rotatable bonds is 14. The van der Waals surface area contributed by atoms with Crippen LogP contribution in [0.25, 0.3) is 0 Å². The van der Waals surface area contributed by atoms with Crippen LogP contribution in [0.4, 0.5) is 4.79 Å². The van der Waals surface area contributed by atoms with Gasteiger partial charge < -0.3 is 39.1 Å². The minimum Gasteiger partial charge on any atom is -0.463 e.